The average molecular weight is 179 g/mol. The molecule has 0 radical (unpaired) electrons. The highest BCUT2D eigenvalue weighted by molar-refractivity contribution is 5.93. The Bertz CT molecular complexity index is 358. The van der Waals surface area contributed by atoms with E-state index in [0.717, 1.165) is 0 Å². The van der Waals surface area contributed by atoms with E-state index in [2.05, 4.69) is 0 Å². The van der Waals surface area contributed by atoms with E-state index in [1.165, 1.54) is 12.1 Å². The third-order valence-corrected chi connectivity index (χ3v) is 1.62. The minimum atomic E-state index is -0.746. The number of nitrogens with two attached hydrogens (primary N) is 1. The van der Waals surface area contributed by atoms with Crippen molar-refractivity contribution in [2.24, 2.45) is 5.73 Å². The maximum Gasteiger partial charge on any atom is 0.251 e. The van der Waals surface area contributed by atoms with Gasteiger partial charge in [-0.05, 0) is 24.6 Å². The summed E-state index contributed by atoms with van der Waals surface area (Å²) in [6.45, 7) is 1.83. The van der Waals surface area contributed by atoms with Gasteiger partial charge in [0.15, 0.2) is 0 Å². The van der Waals surface area contributed by atoms with E-state index in [0.29, 0.717) is 5.56 Å². The third kappa shape index (κ3) is 2.15. The highest BCUT2D eigenvalue weighted by atomic mass is 19.1. The predicted molar refractivity (Wildman–Crippen MR) is 49.6 cm³/mol. The summed E-state index contributed by atoms with van der Waals surface area (Å²) < 4.78 is 13.1. The number of halogens is 1. The molecule has 13 heavy (non-hydrogen) atoms. The number of benzene rings is 1. The number of primary amides is 1. The number of hydrogen-bond acceptors (Lipinski definition) is 1. The predicted octanol–water partition coefficient (Wildman–Crippen LogP) is 1.96. The van der Waals surface area contributed by atoms with Crippen LogP contribution in [0.1, 0.15) is 22.8 Å². The molecule has 0 atom stereocenters. The van der Waals surface area contributed by atoms with Gasteiger partial charge in [0.1, 0.15) is 5.82 Å². The Labute approximate surface area is 75.9 Å². The lowest BCUT2D eigenvalue weighted by Gasteiger charge is -1.98. The zero-order valence-corrected chi connectivity index (χ0v) is 7.25. The van der Waals surface area contributed by atoms with E-state index < -0.39 is 11.7 Å². The summed E-state index contributed by atoms with van der Waals surface area (Å²) in [4.78, 5) is 10.7. The second-order valence-electron chi connectivity index (χ2n) is 2.60. The van der Waals surface area contributed by atoms with E-state index in [1.807, 2.05) is 6.92 Å². The number of carbonyl (C=O) groups excluding carboxylic acids is 1. The van der Waals surface area contributed by atoms with Gasteiger partial charge in [0, 0.05) is 0 Å². The highest BCUT2D eigenvalue weighted by Crippen LogP contribution is 2.10. The number of carbonyl (C=O) groups is 1. The van der Waals surface area contributed by atoms with Gasteiger partial charge in [0.25, 0.3) is 5.91 Å². The fraction of sp³-hybridized carbons (Fsp3) is 0.100. The van der Waals surface area contributed by atoms with Crippen LogP contribution in [0.4, 0.5) is 4.39 Å². The van der Waals surface area contributed by atoms with Crippen molar-refractivity contribution in [2.45, 2.75) is 6.92 Å². The molecule has 0 aromatic heterocycles. The first-order chi connectivity index (χ1) is 6.15. The molecule has 1 aromatic rings. The van der Waals surface area contributed by atoms with Gasteiger partial charge < -0.3 is 5.73 Å². The molecule has 2 N–H and O–H groups in total. The summed E-state index contributed by atoms with van der Waals surface area (Å²) in [5, 5.41) is 0. The Morgan fingerprint density at radius 3 is 2.69 bits per heavy atom. The zero-order chi connectivity index (χ0) is 9.84. The molecule has 1 rings (SSSR count). The number of allylic oxidation sites excluding steroid dienone is 1. The van der Waals surface area contributed by atoms with Crippen LogP contribution >= 0.6 is 0 Å². The fourth-order valence-electron chi connectivity index (χ4n) is 1.03. The molecule has 1 amide bonds. The lowest BCUT2D eigenvalue weighted by atomic mass is 10.1. The lowest BCUT2D eigenvalue weighted by molar-refractivity contribution is 0.0996. The molecule has 0 bridgehead atoms. The van der Waals surface area contributed by atoms with Crippen LogP contribution in [0.2, 0.25) is 0 Å². The Hall–Kier alpha value is -1.64. The van der Waals surface area contributed by atoms with Crippen LogP contribution in [0.5, 0.6) is 0 Å². The molecular formula is C10H10FNO. The summed E-state index contributed by atoms with van der Waals surface area (Å²) in [6.07, 6.45) is 3.53. The summed E-state index contributed by atoms with van der Waals surface area (Å²) in [5.41, 5.74) is 5.58. The van der Waals surface area contributed by atoms with Crippen molar-refractivity contribution >= 4 is 12.0 Å². The van der Waals surface area contributed by atoms with E-state index in [9.17, 15) is 9.18 Å². The number of amides is 1. The van der Waals surface area contributed by atoms with Gasteiger partial charge >= 0.3 is 0 Å². The second-order valence-corrected chi connectivity index (χ2v) is 2.60. The van der Waals surface area contributed by atoms with Gasteiger partial charge in [-0.1, -0.05) is 18.2 Å². The SMILES string of the molecule is C/C=C/c1ccc(C(N)=O)c(F)c1. The van der Waals surface area contributed by atoms with Crippen LogP contribution < -0.4 is 5.73 Å². The Morgan fingerprint density at radius 1 is 1.54 bits per heavy atom. The quantitative estimate of drug-likeness (QED) is 0.740. The molecule has 0 saturated carbocycles. The van der Waals surface area contributed by atoms with Crippen LogP contribution in [0.3, 0.4) is 0 Å². The second kappa shape index (κ2) is 3.85. The standard InChI is InChI=1S/C10H10FNO/c1-2-3-7-4-5-8(10(12)13)9(11)6-7/h2-6H,1H3,(H2,12,13)/b3-2+. The van der Waals surface area contributed by atoms with Crippen LogP contribution in [0, 0.1) is 5.82 Å². The molecule has 0 spiro atoms. The average Bonchev–Trinajstić information content (AvgIpc) is 2.04. The summed E-state index contributed by atoms with van der Waals surface area (Å²) >= 11 is 0. The van der Waals surface area contributed by atoms with E-state index in [4.69, 9.17) is 5.73 Å². The first-order valence-corrected chi connectivity index (χ1v) is 3.87. The summed E-state index contributed by atoms with van der Waals surface area (Å²) in [7, 11) is 0. The largest absolute Gasteiger partial charge is 0.366 e. The van der Waals surface area contributed by atoms with Crippen LogP contribution in [0.15, 0.2) is 24.3 Å². The monoisotopic (exact) mass is 179 g/mol. The minimum absolute atomic E-state index is 0.0757. The van der Waals surface area contributed by atoms with Crippen molar-refractivity contribution in [3.05, 3.63) is 41.2 Å². The molecule has 0 fully saturated rings. The van der Waals surface area contributed by atoms with Gasteiger partial charge in [0.05, 0.1) is 5.56 Å². The van der Waals surface area contributed by atoms with Gasteiger partial charge in [-0.15, -0.1) is 0 Å². The molecule has 3 heteroatoms. The van der Waals surface area contributed by atoms with Crippen molar-refractivity contribution in [1.82, 2.24) is 0 Å². The highest BCUT2D eigenvalue weighted by Gasteiger charge is 2.06. The molecule has 0 aliphatic heterocycles. The summed E-state index contributed by atoms with van der Waals surface area (Å²) in [5.74, 6) is -1.33. The molecular weight excluding hydrogens is 169 g/mol. The van der Waals surface area contributed by atoms with Crippen molar-refractivity contribution in [1.29, 1.82) is 0 Å². The maximum absolute atomic E-state index is 13.1. The van der Waals surface area contributed by atoms with E-state index in [1.54, 1.807) is 18.2 Å². The van der Waals surface area contributed by atoms with Crippen LogP contribution in [0.25, 0.3) is 6.08 Å². The molecule has 1 aromatic carbocycles. The smallest absolute Gasteiger partial charge is 0.251 e. The van der Waals surface area contributed by atoms with Crippen molar-refractivity contribution < 1.29 is 9.18 Å². The first kappa shape index (κ1) is 9.45. The Morgan fingerprint density at radius 2 is 2.23 bits per heavy atom. The van der Waals surface area contributed by atoms with E-state index >= 15 is 0 Å². The van der Waals surface area contributed by atoms with Crippen LogP contribution in [-0.2, 0) is 0 Å². The molecule has 0 aliphatic carbocycles. The molecule has 0 saturated heterocycles. The van der Waals surface area contributed by atoms with Crippen molar-refractivity contribution in [2.75, 3.05) is 0 Å². The Kier molecular flexibility index (Phi) is 2.80. The summed E-state index contributed by atoms with van der Waals surface area (Å²) in [6, 6.07) is 4.30. The topological polar surface area (TPSA) is 43.1 Å². The molecule has 0 aliphatic rings. The number of rotatable bonds is 2. The molecule has 0 unspecified atom stereocenters. The number of hydrogen-bond donors (Lipinski definition) is 1. The normalized spacial score (nSPS) is 10.6. The van der Waals surface area contributed by atoms with Gasteiger partial charge in [0.2, 0.25) is 0 Å². The Balaban J connectivity index is 3.12. The minimum Gasteiger partial charge on any atom is -0.366 e. The lowest BCUT2D eigenvalue weighted by Crippen LogP contribution is -2.12. The molecule has 68 valence electrons. The van der Waals surface area contributed by atoms with Gasteiger partial charge in [-0.3, -0.25) is 4.79 Å². The van der Waals surface area contributed by atoms with Gasteiger partial charge in [-0.25, -0.2) is 4.39 Å². The van der Waals surface area contributed by atoms with Gasteiger partial charge in [-0.2, -0.15) is 0 Å². The van der Waals surface area contributed by atoms with Crippen molar-refractivity contribution in [3.63, 3.8) is 0 Å². The van der Waals surface area contributed by atoms with Crippen LogP contribution in [-0.4, -0.2) is 5.91 Å². The zero-order valence-electron chi connectivity index (χ0n) is 7.25. The molecule has 0 heterocycles. The third-order valence-electron chi connectivity index (χ3n) is 1.62. The van der Waals surface area contributed by atoms with E-state index in [-0.39, 0.29) is 5.56 Å². The molecule has 2 nitrogen and oxygen atoms in total. The first-order valence-electron chi connectivity index (χ1n) is 3.87. The fourth-order valence-corrected chi connectivity index (χ4v) is 1.03. The van der Waals surface area contributed by atoms with Crippen molar-refractivity contribution in [3.8, 4) is 0 Å². The maximum atomic E-state index is 13.1.